The van der Waals surface area contributed by atoms with Crippen LogP contribution in [0.4, 0.5) is 4.39 Å². The molecular formula is C19H19FN2O2. The van der Waals surface area contributed by atoms with Crippen LogP contribution < -0.4 is 0 Å². The zero-order valence-corrected chi connectivity index (χ0v) is 13.6. The van der Waals surface area contributed by atoms with E-state index in [4.69, 9.17) is 0 Å². The Labute approximate surface area is 139 Å². The van der Waals surface area contributed by atoms with Crippen molar-refractivity contribution >= 4 is 16.9 Å². The summed E-state index contributed by atoms with van der Waals surface area (Å²) in [4.78, 5) is 16.8. The van der Waals surface area contributed by atoms with Crippen molar-refractivity contribution in [1.29, 1.82) is 0 Å². The highest BCUT2D eigenvalue weighted by Gasteiger charge is 2.19. The summed E-state index contributed by atoms with van der Waals surface area (Å²) >= 11 is 0. The molecule has 0 bridgehead atoms. The number of hydrogen-bond acceptors (Lipinski definition) is 2. The van der Waals surface area contributed by atoms with Crippen molar-refractivity contribution in [1.82, 2.24) is 9.88 Å². The van der Waals surface area contributed by atoms with Crippen molar-refractivity contribution in [2.24, 2.45) is 0 Å². The normalized spacial score (nSPS) is 11.3. The Morgan fingerprint density at radius 1 is 1.21 bits per heavy atom. The van der Waals surface area contributed by atoms with Crippen molar-refractivity contribution < 1.29 is 14.3 Å². The lowest BCUT2D eigenvalue weighted by Crippen LogP contribution is -2.14. The number of aromatic amines is 1. The maximum atomic E-state index is 14.5. The van der Waals surface area contributed by atoms with Crippen LogP contribution in [-0.4, -0.2) is 41.6 Å². The van der Waals surface area contributed by atoms with Crippen LogP contribution in [0.5, 0.6) is 0 Å². The molecule has 0 amide bonds. The van der Waals surface area contributed by atoms with Crippen molar-refractivity contribution in [2.45, 2.75) is 6.42 Å². The number of benzene rings is 2. The van der Waals surface area contributed by atoms with Crippen LogP contribution in [0, 0.1) is 5.82 Å². The van der Waals surface area contributed by atoms with Gasteiger partial charge in [-0.1, -0.05) is 18.2 Å². The van der Waals surface area contributed by atoms with Gasteiger partial charge in [0.2, 0.25) is 0 Å². The SMILES string of the molecule is CN(C)CCc1c[nH]c2cccc(-c3c(F)cccc3C(=O)O)c12. The smallest absolute Gasteiger partial charge is 0.336 e. The number of rotatable bonds is 5. The minimum absolute atomic E-state index is 0.0257. The van der Waals surface area contributed by atoms with Crippen LogP contribution in [0.3, 0.4) is 0 Å². The maximum absolute atomic E-state index is 14.5. The molecule has 3 aromatic rings. The van der Waals surface area contributed by atoms with Gasteiger partial charge in [-0.05, 0) is 49.8 Å². The van der Waals surface area contributed by atoms with E-state index >= 15 is 0 Å². The van der Waals surface area contributed by atoms with Gasteiger partial charge in [0.1, 0.15) is 5.82 Å². The third-order valence-electron chi connectivity index (χ3n) is 4.13. The van der Waals surface area contributed by atoms with E-state index in [1.165, 1.54) is 18.2 Å². The predicted molar refractivity (Wildman–Crippen MR) is 92.9 cm³/mol. The number of aromatic carboxylic acids is 1. The van der Waals surface area contributed by atoms with Gasteiger partial charge in [0.05, 0.1) is 5.56 Å². The summed E-state index contributed by atoms with van der Waals surface area (Å²) in [5.41, 5.74) is 2.65. The van der Waals surface area contributed by atoms with Gasteiger partial charge in [-0.2, -0.15) is 0 Å². The van der Waals surface area contributed by atoms with Gasteiger partial charge in [0.25, 0.3) is 0 Å². The molecule has 0 saturated heterocycles. The number of carboxylic acid groups (broad SMARTS) is 1. The van der Waals surface area contributed by atoms with E-state index in [1.54, 1.807) is 6.07 Å². The highest BCUT2D eigenvalue weighted by atomic mass is 19.1. The number of likely N-dealkylation sites (N-methyl/N-ethyl adjacent to an activating group) is 1. The number of carboxylic acids is 1. The van der Waals surface area contributed by atoms with Crippen molar-refractivity contribution in [3.05, 3.63) is 59.5 Å². The zero-order valence-electron chi connectivity index (χ0n) is 13.6. The molecule has 0 unspecified atom stereocenters. The van der Waals surface area contributed by atoms with E-state index in [2.05, 4.69) is 9.88 Å². The fourth-order valence-electron chi connectivity index (χ4n) is 2.98. The second-order valence-electron chi connectivity index (χ2n) is 6.06. The molecule has 1 aromatic heterocycles. The molecule has 0 saturated carbocycles. The Balaban J connectivity index is 2.24. The number of fused-ring (bicyclic) bond motifs is 1. The van der Waals surface area contributed by atoms with E-state index in [1.807, 2.05) is 32.4 Å². The molecule has 24 heavy (non-hydrogen) atoms. The molecule has 2 aromatic carbocycles. The number of nitrogens with one attached hydrogen (secondary N) is 1. The fourth-order valence-corrected chi connectivity index (χ4v) is 2.98. The molecule has 2 N–H and O–H groups in total. The largest absolute Gasteiger partial charge is 0.478 e. The second kappa shape index (κ2) is 6.45. The summed E-state index contributed by atoms with van der Waals surface area (Å²) in [6, 6.07) is 9.66. The summed E-state index contributed by atoms with van der Waals surface area (Å²) in [6.45, 7) is 0.852. The molecule has 0 radical (unpaired) electrons. The number of nitrogens with zero attached hydrogens (tertiary/aromatic N) is 1. The number of halogens is 1. The van der Waals surface area contributed by atoms with Crippen molar-refractivity contribution in [2.75, 3.05) is 20.6 Å². The van der Waals surface area contributed by atoms with Gasteiger partial charge in [-0.3, -0.25) is 0 Å². The van der Waals surface area contributed by atoms with E-state index in [0.29, 0.717) is 5.56 Å². The Morgan fingerprint density at radius 3 is 2.67 bits per heavy atom. The molecule has 0 spiro atoms. The fraction of sp³-hybridized carbons (Fsp3) is 0.211. The zero-order chi connectivity index (χ0) is 17.3. The lowest BCUT2D eigenvalue weighted by atomic mass is 9.94. The first-order valence-electron chi connectivity index (χ1n) is 7.75. The van der Waals surface area contributed by atoms with Gasteiger partial charge < -0.3 is 15.0 Å². The molecule has 5 heteroatoms. The summed E-state index contributed by atoms with van der Waals surface area (Å²) < 4.78 is 14.5. The third kappa shape index (κ3) is 2.90. The molecule has 1 heterocycles. The lowest BCUT2D eigenvalue weighted by Gasteiger charge is -2.12. The number of carbonyl (C=O) groups is 1. The van der Waals surface area contributed by atoms with Gasteiger partial charge in [0, 0.05) is 29.2 Å². The summed E-state index contributed by atoms with van der Waals surface area (Å²) in [7, 11) is 3.99. The number of hydrogen-bond donors (Lipinski definition) is 2. The molecule has 0 fully saturated rings. The van der Waals surface area contributed by atoms with Crippen LogP contribution in [-0.2, 0) is 6.42 Å². The van der Waals surface area contributed by atoms with Crippen LogP contribution in [0.25, 0.3) is 22.0 Å². The van der Waals surface area contributed by atoms with E-state index in [9.17, 15) is 14.3 Å². The molecule has 4 nitrogen and oxygen atoms in total. The van der Waals surface area contributed by atoms with Crippen LogP contribution >= 0.6 is 0 Å². The Kier molecular flexibility index (Phi) is 4.36. The Bertz CT molecular complexity index is 900. The quantitative estimate of drug-likeness (QED) is 0.750. The summed E-state index contributed by atoms with van der Waals surface area (Å²) in [5.74, 6) is -1.66. The van der Waals surface area contributed by atoms with Gasteiger partial charge in [0.15, 0.2) is 0 Å². The first-order valence-corrected chi connectivity index (χ1v) is 7.75. The van der Waals surface area contributed by atoms with Crippen molar-refractivity contribution in [3.8, 4) is 11.1 Å². The monoisotopic (exact) mass is 326 g/mol. The van der Waals surface area contributed by atoms with Crippen LogP contribution in [0.15, 0.2) is 42.6 Å². The van der Waals surface area contributed by atoms with Crippen molar-refractivity contribution in [3.63, 3.8) is 0 Å². The third-order valence-corrected chi connectivity index (χ3v) is 4.13. The average molecular weight is 326 g/mol. The molecule has 124 valence electrons. The first-order chi connectivity index (χ1) is 11.5. The Hall–Kier alpha value is -2.66. The highest BCUT2D eigenvalue weighted by molar-refractivity contribution is 6.04. The molecule has 0 aliphatic heterocycles. The average Bonchev–Trinajstić information content (AvgIpc) is 2.96. The molecule has 3 rings (SSSR count). The minimum atomic E-state index is -1.13. The lowest BCUT2D eigenvalue weighted by molar-refractivity contribution is 0.0697. The van der Waals surface area contributed by atoms with Crippen LogP contribution in [0.2, 0.25) is 0 Å². The summed E-state index contributed by atoms with van der Waals surface area (Å²) in [6.07, 6.45) is 2.71. The number of aromatic nitrogens is 1. The molecule has 0 atom stereocenters. The van der Waals surface area contributed by atoms with E-state index < -0.39 is 11.8 Å². The topological polar surface area (TPSA) is 56.3 Å². The van der Waals surface area contributed by atoms with Gasteiger partial charge >= 0.3 is 5.97 Å². The standard InChI is InChI=1S/C19H19FN2O2/c1-22(2)10-9-12-11-21-16-8-4-5-13(17(12)16)18-14(19(23)24)6-3-7-15(18)20/h3-8,11,21H,9-10H2,1-2H3,(H,23,24). The summed E-state index contributed by atoms with van der Waals surface area (Å²) in [5, 5.41) is 10.3. The second-order valence-corrected chi connectivity index (χ2v) is 6.06. The molecule has 0 aliphatic rings. The van der Waals surface area contributed by atoms with Crippen LogP contribution in [0.1, 0.15) is 15.9 Å². The maximum Gasteiger partial charge on any atom is 0.336 e. The predicted octanol–water partition coefficient (Wildman–Crippen LogP) is 3.78. The van der Waals surface area contributed by atoms with Gasteiger partial charge in [-0.15, -0.1) is 0 Å². The van der Waals surface area contributed by atoms with E-state index in [-0.39, 0.29) is 11.1 Å². The molecular weight excluding hydrogens is 307 g/mol. The highest BCUT2D eigenvalue weighted by Crippen LogP contribution is 2.35. The number of H-pyrrole nitrogens is 1. The molecule has 0 aliphatic carbocycles. The van der Waals surface area contributed by atoms with E-state index in [0.717, 1.165) is 29.4 Å². The minimum Gasteiger partial charge on any atom is -0.478 e. The first kappa shape index (κ1) is 16.2. The Morgan fingerprint density at radius 2 is 1.96 bits per heavy atom. The van der Waals surface area contributed by atoms with Gasteiger partial charge in [-0.25, -0.2) is 9.18 Å².